The summed E-state index contributed by atoms with van der Waals surface area (Å²) in [5, 5.41) is 0. The molecule has 0 aliphatic heterocycles. The van der Waals surface area contributed by atoms with Gasteiger partial charge < -0.3 is 15.9 Å². The minimum Gasteiger partial charge on any atom is -0.469 e. The molecule has 1 atom stereocenters. The molecular weight excluding hydrogens is 190 g/mol. The predicted molar refractivity (Wildman–Crippen MR) is 58.1 cm³/mol. The maximum atomic E-state index is 6.08. The second-order valence-electron chi connectivity index (χ2n) is 3.39. The Labute approximate surface area is 87.9 Å². The molecule has 1 unspecified atom stereocenters. The van der Waals surface area contributed by atoms with E-state index in [-0.39, 0.29) is 6.04 Å². The number of nitrogens with zero attached hydrogens (tertiary/aromatic N) is 1. The molecule has 2 rings (SSSR count). The van der Waals surface area contributed by atoms with Gasteiger partial charge in [0.05, 0.1) is 12.3 Å². The summed E-state index contributed by atoms with van der Waals surface area (Å²) in [5.41, 5.74) is 13.6. The fourth-order valence-electron chi connectivity index (χ4n) is 1.58. The van der Waals surface area contributed by atoms with Crippen molar-refractivity contribution < 1.29 is 4.42 Å². The summed E-state index contributed by atoms with van der Waals surface area (Å²) in [6, 6.07) is 5.27. The highest BCUT2D eigenvalue weighted by molar-refractivity contribution is 5.45. The predicted octanol–water partition coefficient (Wildman–Crippen LogP) is 1.61. The quantitative estimate of drug-likeness (QED) is 0.777. The summed E-state index contributed by atoms with van der Waals surface area (Å²) >= 11 is 0. The number of hydrogen-bond donors (Lipinski definition) is 2. The first-order valence-corrected chi connectivity index (χ1v) is 4.70. The van der Waals surface area contributed by atoms with Crippen molar-refractivity contribution in [3.05, 3.63) is 47.5 Å². The molecule has 0 amide bonds. The summed E-state index contributed by atoms with van der Waals surface area (Å²) in [4.78, 5) is 4.01. The van der Waals surface area contributed by atoms with E-state index < -0.39 is 0 Å². The second-order valence-corrected chi connectivity index (χ2v) is 3.39. The van der Waals surface area contributed by atoms with Crippen LogP contribution in [-0.2, 0) is 0 Å². The lowest BCUT2D eigenvalue weighted by Crippen LogP contribution is -2.14. The van der Waals surface area contributed by atoms with Crippen LogP contribution in [0, 0.1) is 6.92 Å². The van der Waals surface area contributed by atoms with Crippen molar-refractivity contribution in [1.82, 2.24) is 4.98 Å². The van der Waals surface area contributed by atoms with Crippen LogP contribution < -0.4 is 11.5 Å². The zero-order chi connectivity index (χ0) is 10.8. The van der Waals surface area contributed by atoms with E-state index in [0.29, 0.717) is 5.82 Å². The van der Waals surface area contributed by atoms with Crippen molar-refractivity contribution in [2.75, 3.05) is 5.73 Å². The Morgan fingerprint density at radius 2 is 2.13 bits per heavy atom. The van der Waals surface area contributed by atoms with Gasteiger partial charge in [-0.15, -0.1) is 0 Å². The standard InChI is InChI=1S/C11H13N3O/c1-7-8(4-6-15-7)10(12)9-3-2-5-14-11(9)13/h2-6,10H,12H2,1H3,(H2,13,14). The first-order valence-electron chi connectivity index (χ1n) is 4.70. The fourth-order valence-corrected chi connectivity index (χ4v) is 1.58. The van der Waals surface area contributed by atoms with Gasteiger partial charge in [-0.05, 0) is 19.1 Å². The normalized spacial score (nSPS) is 12.7. The maximum absolute atomic E-state index is 6.08. The molecular formula is C11H13N3O. The molecule has 0 aromatic carbocycles. The highest BCUT2D eigenvalue weighted by atomic mass is 16.3. The number of pyridine rings is 1. The zero-order valence-electron chi connectivity index (χ0n) is 8.47. The Morgan fingerprint density at radius 1 is 1.33 bits per heavy atom. The van der Waals surface area contributed by atoms with Crippen molar-refractivity contribution in [2.45, 2.75) is 13.0 Å². The van der Waals surface area contributed by atoms with Gasteiger partial charge in [-0.2, -0.15) is 0 Å². The number of furan rings is 1. The molecule has 0 aliphatic carbocycles. The van der Waals surface area contributed by atoms with Crippen LogP contribution in [0.25, 0.3) is 0 Å². The minimum atomic E-state index is -0.280. The Bertz CT molecular complexity index is 464. The molecule has 4 N–H and O–H groups in total. The van der Waals surface area contributed by atoms with Gasteiger partial charge in [-0.1, -0.05) is 6.07 Å². The lowest BCUT2D eigenvalue weighted by molar-refractivity contribution is 0.527. The number of nitrogen functional groups attached to an aromatic ring is 1. The van der Waals surface area contributed by atoms with Gasteiger partial charge in [0.2, 0.25) is 0 Å². The third-order valence-corrected chi connectivity index (χ3v) is 2.44. The number of hydrogen-bond acceptors (Lipinski definition) is 4. The molecule has 0 spiro atoms. The number of nitrogens with two attached hydrogens (primary N) is 2. The Hall–Kier alpha value is -1.81. The van der Waals surface area contributed by atoms with Crippen molar-refractivity contribution in [2.24, 2.45) is 5.73 Å². The van der Waals surface area contributed by atoms with Gasteiger partial charge in [0.15, 0.2) is 0 Å². The number of rotatable bonds is 2. The number of anilines is 1. The van der Waals surface area contributed by atoms with Crippen molar-refractivity contribution in [3.63, 3.8) is 0 Å². The average Bonchev–Trinajstić information content (AvgIpc) is 2.64. The van der Waals surface area contributed by atoms with Gasteiger partial charge in [0.25, 0.3) is 0 Å². The van der Waals surface area contributed by atoms with Crippen LogP contribution in [0.3, 0.4) is 0 Å². The number of aryl methyl sites for hydroxylation is 1. The highest BCUT2D eigenvalue weighted by Gasteiger charge is 2.15. The fraction of sp³-hybridized carbons (Fsp3) is 0.182. The number of aromatic nitrogens is 1. The van der Waals surface area contributed by atoms with E-state index in [1.807, 2.05) is 25.1 Å². The summed E-state index contributed by atoms with van der Waals surface area (Å²) < 4.78 is 5.21. The molecule has 15 heavy (non-hydrogen) atoms. The van der Waals surface area contributed by atoms with Crippen molar-refractivity contribution in [3.8, 4) is 0 Å². The summed E-state index contributed by atoms with van der Waals surface area (Å²) in [5.74, 6) is 1.27. The monoisotopic (exact) mass is 203 g/mol. The molecule has 0 saturated heterocycles. The maximum Gasteiger partial charge on any atom is 0.128 e. The van der Waals surface area contributed by atoms with Crippen LogP contribution in [0.1, 0.15) is 22.9 Å². The van der Waals surface area contributed by atoms with Gasteiger partial charge in [-0.25, -0.2) is 4.98 Å². The van der Waals surface area contributed by atoms with E-state index in [1.165, 1.54) is 0 Å². The SMILES string of the molecule is Cc1occc1C(N)c1cccnc1N. The molecule has 0 saturated carbocycles. The third kappa shape index (κ3) is 1.71. The molecule has 2 aromatic heterocycles. The second kappa shape index (κ2) is 3.74. The largest absolute Gasteiger partial charge is 0.469 e. The molecule has 78 valence electrons. The van der Waals surface area contributed by atoms with Gasteiger partial charge in [0, 0.05) is 17.3 Å². The minimum absolute atomic E-state index is 0.280. The average molecular weight is 203 g/mol. The van der Waals surface area contributed by atoms with Crippen LogP contribution in [0.15, 0.2) is 35.1 Å². The third-order valence-electron chi connectivity index (χ3n) is 2.44. The van der Waals surface area contributed by atoms with E-state index >= 15 is 0 Å². The van der Waals surface area contributed by atoms with E-state index in [4.69, 9.17) is 15.9 Å². The zero-order valence-corrected chi connectivity index (χ0v) is 8.47. The Balaban J connectivity index is 2.41. The van der Waals surface area contributed by atoms with Crippen molar-refractivity contribution >= 4 is 5.82 Å². The highest BCUT2D eigenvalue weighted by Crippen LogP contribution is 2.25. The van der Waals surface area contributed by atoms with Crippen LogP contribution >= 0.6 is 0 Å². The lowest BCUT2D eigenvalue weighted by Gasteiger charge is -2.12. The summed E-state index contributed by atoms with van der Waals surface area (Å²) in [6.07, 6.45) is 3.27. The molecule has 0 fully saturated rings. The first kappa shape index (κ1) is 9.73. The molecule has 2 heterocycles. The molecule has 0 bridgehead atoms. The van der Waals surface area contributed by atoms with E-state index in [0.717, 1.165) is 16.9 Å². The van der Waals surface area contributed by atoms with Crippen LogP contribution in [-0.4, -0.2) is 4.98 Å². The topological polar surface area (TPSA) is 78.1 Å². The van der Waals surface area contributed by atoms with Crippen LogP contribution in [0.2, 0.25) is 0 Å². The van der Waals surface area contributed by atoms with Crippen LogP contribution in [0.4, 0.5) is 5.82 Å². The summed E-state index contributed by atoms with van der Waals surface area (Å²) in [6.45, 7) is 1.88. The van der Waals surface area contributed by atoms with Gasteiger partial charge in [0.1, 0.15) is 11.6 Å². The lowest BCUT2D eigenvalue weighted by atomic mass is 10.0. The summed E-state index contributed by atoms with van der Waals surface area (Å²) in [7, 11) is 0. The Morgan fingerprint density at radius 3 is 2.73 bits per heavy atom. The van der Waals surface area contributed by atoms with Crippen molar-refractivity contribution in [1.29, 1.82) is 0 Å². The Kier molecular flexibility index (Phi) is 2.43. The molecule has 4 nitrogen and oxygen atoms in total. The smallest absolute Gasteiger partial charge is 0.128 e. The van der Waals surface area contributed by atoms with E-state index in [9.17, 15) is 0 Å². The molecule has 2 aromatic rings. The van der Waals surface area contributed by atoms with E-state index in [2.05, 4.69) is 4.98 Å². The molecule has 4 heteroatoms. The molecule has 0 aliphatic rings. The first-order chi connectivity index (χ1) is 7.20. The van der Waals surface area contributed by atoms with Gasteiger partial charge >= 0.3 is 0 Å². The van der Waals surface area contributed by atoms with Crippen LogP contribution in [0.5, 0.6) is 0 Å². The van der Waals surface area contributed by atoms with E-state index in [1.54, 1.807) is 12.5 Å². The molecule has 0 radical (unpaired) electrons. The van der Waals surface area contributed by atoms with Gasteiger partial charge in [-0.3, -0.25) is 0 Å².